The second-order valence-corrected chi connectivity index (χ2v) is 7.35. The number of halogens is 1. The zero-order valence-corrected chi connectivity index (χ0v) is 19.3. The lowest BCUT2D eigenvalue weighted by molar-refractivity contribution is 0.319. The summed E-state index contributed by atoms with van der Waals surface area (Å²) in [6, 6.07) is 0. The Kier molecular flexibility index (Phi) is 10.5. The number of rotatable bonds is 8. The Morgan fingerprint density at radius 1 is 1.35 bits per heavy atom. The highest BCUT2D eigenvalue weighted by Gasteiger charge is 2.29. The highest BCUT2D eigenvalue weighted by atomic mass is 127. The van der Waals surface area contributed by atoms with Gasteiger partial charge in [0.25, 0.3) is 0 Å². The van der Waals surface area contributed by atoms with Gasteiger partial charge in [-0.1, -0.05) is 45.7 Å². The predicted molar refractivity (Wildman–Crippen MR) is 117 cm³/mol. The highest BCUT2D eigenvalue weighted by molar-refractivity contribution is 14.0. The molecule has 1 atom stereocenters. The van der Waals surface area contributed by atoms with Crippen LogP contribution in [0, 0.1) is 11.8 Å². The molecule has 0 spiro atoms. The van der Waals surface area contributed by atoms with Crippen LogP contribution in [-0.4, -0.2) is 47.7 Å². The molecule has 0 saturated carbocycles. The summed E-state index contributed by atoms with van der Waals surface area (Å²) in [5.41, 5.74) is 0. The van der Waals surface area contributed by atoms with E-state index >= 15 is 0 Å². The number of hydrogen-bond donors (Lipinski definition) is 1. The van der Waals surface area contributed by atoms with E-state index in [1.807, 2.05) is 7.05 Å². The largest absolute Gasteiger partial charge is 0.356 e. The van der Waals surface area contributed by atoms with Gasteiger partial charge in [0.2, 0.25) is 5.89 Å². The Labute approximate surface area is 175 Å². The van der Waals surface area contributed by atoms with Crippen molar-refractivity contribution in [1.29, 1.82) is 0 Å². The molecule has 0 radical (unpaired) electrons. The topological polar surface area (TPSA) is 66.5 Å². The number of nitrogens with zero attached hydrogens (tertiary/aromatic N) is 4. The molecule has 0 aromatic carbocycles. The SMILES string of the molecule is CCC(CC)C1CCN(C(=NC)NCCCc2nc(C(C)C)no2)C1.I. The second kappa shape index (κ2) is 11.8. The van der Waals surface area contributed by atoms with Gasteiger partial charge in [0, 0.05) is 39.0 Å². The van der Waals surface area contributed by atoms with Crippen molar-refractivity contribution in [2.75, 3.05) is 26.7 Å². The Hall–Kier alpha value is -0.860. The van der Waals surface area contributed by atoms with Crippen LogP contribution < -0.4 is 5.32 Å². The van der Waals surface area contributed by atoms with Crippen molar-refractivity contribution in [2.45, 2.75) is 65.7 Å². The minimum atomic E-state index is 0. The van der Waals surface area contributed by atoms with Crippen molar-refractivity contribution in [3.8, 4) is 0 Å². The molecule has 1 unspecified atom stereocenters. The first-order valence-corrected chi connectivity index (χ1v) is 9.87. The number of hydrogen-bond acceptors (Lipinski definition) is 4. The van der Waals surface area contributed by atoms with E-state index in [1.54, 1.807) is 0 Å². The van der Waals surface area contributed by atoms with Crippen LogP contribution in [0.15, 0.2) is 9.52 Å². The van der Waals surface area contributed by atoms with E-state index in [2.05, 4.69) is 53.0 Å². The fourth-order valence-electron chi connectivity index (χ4n) is 3.70. The summed E-state index contributed by atoms with van der Waals surface area (Å²) in [7, 11) is 1.87. The minimum Gasteiger partial charge on any atom is -0.356 e. The second-order valence-electron chi connectivity index (χ2n) is 7.35. The van der Waals surface area contributed by atoms with Gasteiger partial charge in [-0.05, 0) is 24.7 Å². The molecule has 7 heteroatoms. The number of nitrogens with one attached hydrogen (secondary N) is 1. The first-order valence-electron chi connectivity index (χ1n) is 9.87. The predicted octanol–water partition coefficient (Wildman–Crippen LogP) is 4.08. The molecule has 1 N–H and O–H groups in total. The van der Waals surface area contributed by atoms with Crippen LogP contribution in [0.1, 0.15) is 71.0 Å². The Morgan fingerprint density at radius 3 is 2.65 bits per heavy atom. The molecular weight excluding hydrogens is 441 g/mol. The van der Waals surface area contributed by atoms with E-state index < -0.39 is 0 Å². The quantitative estimate of drug-likeness (QED) is 0.265. The van der Waals surface area contributed by atoms with Gasteiger partial charge in [-0.15, -0.1) is 24.0 Å². The summed E-state index contributed by atoms with van der Waals surface area (Å²) in [6.45, 7) is 11.9. The fourth-order valence-corrected chi connectivity index (χ4v) is 3.70. The molecule has 2 heterocycles. The monoisotopic (exact) mass is 477 g/mol. The molecule has 26 heavy (non-hydrogen) atoms. The summed E-state index contributed by atoms with van der Waals surface area (Å²) in [6.07, 6.45) is 5.61. The minimum absolute atomic E-state index is 0. The number of aromatic nitrogens is 2. The maximum Gasteiger partial charge on any atom is 0.226 e. The Balaban J connectivity index is 0.00000338. The molecule has 1 aromatic rings. The molecule has 1 fully saturated rings. The third kappa shape index (κ3) is 6.39. The van der Waals surface area contributed by atoms with E-state index in [0.717, 1.165) is 62.0 Å². The zero-order valence-electron chi connectivity index (χ0n) is 17.0. The van der Waals surface area contributed by atoms with Crippen molar-refractivity contribution in [3.63, 3.8) is 0 Å². The third-order valence-electron chi connectivity index (χ3n) is 5.30. The lowest BCUT2D eigenvalue weighted by Crippen LogP contribution is -2.40. The van der Waals surface area contributed by atoms with Crippen LogP contribution in [-0.2, 0) is 6.42 Å². The third-order valence-corrected chi connectivity index (χ3v) is 5.30. The van der Waals surface area contributed by atoms with E-state index in [0.29, 0.717) is 5.92 Å². The van der Waals surface area contributed by atoms with Crippen LogP contribution in [0.2, 0.25) is 0 Å². The van der Waals surface area contributed by atoms with Crippen molar-refractivity contribution >= 4 is 29.9 Å². The van der Waals surface area contributed by atoms with Gasteiger partial charge in [0.05, 0.1) is 0 Å². The molecule has 0 bridgehead atoms. The fraction of sp³-hybridized carbons (Fsp3) is 0.842. The Morgan fingerprint density at radius 2 is 2.08 bits per heavy atom. The van der Waals surface area contributed by atoms with E-state index in [9.17, 15) is 0 Å². The van der Waals surface area contributed by atoms with Crippen LogP contribution in [0.25, 0.3) is 0 Å². The zero-order chi connectivity index (χ0) is 18.2. The smallest absolute Gasteiger partial charge is 0.226 e. The number of aliphatic imine (C=N–C) groups is 1. The van der Waals surface area contributed by atoms with Gasteiger partial charge in [-0.25, -0.2) is 0 Å². The molecular formula is C19H36IN5O. The normalized spacial score (nSPS) is 17.9. The van der Waals surface area contributed by atoms with E-state index in [4.69, 9.17) is 4.52 Å². The van der Waals surface area contributed by atoms with Gasteiger partial charge in [-0.3, -0.25) is 4.99 Å². The molecule has 150 valence electrons. The van der Waals surface area contributed by atoms with Gasteiger partial charge in [0.1, 0.15) is 0 Å². The number of guanidine groups is 1. The summed E-state index contributed by atoms with van der Waals surface area (Å²) < 4.78 is 5.29. The summed E-state index contributed by atoms with van der Waals surface area (Å²) in [4.78, 5) is 11.3. The van der Waals surface area contributed by atoms with Crippen molar-refractivity contribution < 1.29 is 4.52 Å². The number of likely N-dealkylation sites (tertiary alicyclic amines) is 1. The molecule has 1 saturated heterocycles. The lowest BCUT2D eigenvalue weighted by atomic mass is 9.87. The van der Waals surface area contributed by atoms with Gasteiger partial charge in [0.15, 0.2) is 11.8 Å². The first kappa shape index (κ1) is 23.2. The average molecular weight is 477 g/mol. The summed E-state index contributed by atoms with van der Waals surface area (Å²) in [5.74, 6) is 4.52. The lowest BCUT2D eigenvalue weighted by Gasteiger charge is -2.24. The first-order chi connectivity index (χ1) is 12.1. The maximum atomic E-state index is 5.29. The molecule has 0 aliphatic carbocycles. The highest BCUT2D eigenvalue weighted by Crippen LogP contribution is 2.28. The maximum absolute atomic E-state index is 5.29. The van der Waals surface area contributed by atoms with Crippen LogP contribution >= 0.6 is 24.0 Å². The molecule has 2 rings (SSSR count). The van der Waals surface area contributed by atoms with Crippen molar-refractivity contribution in [2.24, 2.45) is 16.8 Å². The van der Waals surface area contributed by atoms with Crippen LogP contribution in [0.4, 0.5) is 0 Å². The standard InChI is InChI=1S/C19H35N5O.HI/c1-6-15(7-2)16-10-12-24(13-16)19(20-5)21-11-8-9-17-22-18(14(3)4)23-25-17;/h14-16H,6-13H2,1-5H3,(H,20,21);1H. The average Bonchev–Trinajstić information content (AvgIpc) is 3.26. The Bertz CT molecular complexity index is 542. The molecule has 6 nitrogen and oxygen atoms in total. The van der Waals surface area contributed by atoms with Crippen molar-refractivity contribution in [1.82, 2.24) is 20.4 Å². The van der Waals surface area contributed by atoms with Gasteiger partial charge >= 0.3 is 0 Å². The molecule has 1 aromatic heterocycles. The molecule has 1 aliphatic rings. The van der Waals surface area contributed by atoms with Crippen LogP contribution in [0.5, 0.6) is 0 Å². The number of aryl methyl sites for hydroxylation is 1. The summed E-state index contributed by atoms with van der Waals surface area (Å²) >= 11 is 0. The molecule has 1 aliphatic heterocycles. The van der Waals surface area contributed by atoms with Gasteiger partial charge < -0.3 is 14.7 Å². The molecule has 0 amide bonds. The van der Waals surface area contributed by atoms with E-state index in [-0.39, 0.29) is 24.0 Å². The van der Waals surface area contributed by atoms with Gasteiger partial charge in [-0.2, -0.15) is 4.98 Å². The summed E-state index contributed by atoms with van der Waals surface area (Å²) in [5, 5.41) is 7.50. The van der Waals surface area contributed by atoms with Crippen molar-refractivity contribution in [3.05, 3.63) is 11.7 Å². The van der Waals surface area contributed by atoms with E-state index in [1.165, 1.54) is 19.3 Å². The van der Waals surface area contributed by atoms with Crippen LogP contribution in [0.3, 0.4) is 0 Å².